The number of carboxylic acid groups (broad SMARTS) is 1. The Hall–Kier alpha value is -6.56. The van der Waals surface area contributed by atoms with Gasteiger partial charge in [0.05, 0.1) is 18.2 Å². The third-order valence-corrected chi connectivity index (χ3v) is 10.6. The molecular formula is C42H68N12O12. The zero-order valence-electron chi connectivity index (χ0n) is 38.2. The van der Waals surface area contributed by atoms with Gasteiger partial charge in [-0.05, 0) is 69.1 Å². The number of nitrogens with one attached hydrogen (secondary N) is 6. The van der Waals surface area contributed by atoms with Gasteiger partial charge in [-0.1, -0.05) is 39.8 Å². The van der Waals surface area contributed by atoms with Gasteiger partial charge >= 0.3 is 5.97 Å². The first-order chi connectivity index (χ1) is 30.8. The molecule has 368 valence electrons. The van der Waals surface area contributed by atoms with Gasteiger partial charge in [0, 0.05) is 32.4 Å². The van der Waals surface area contributed by atoms with Crippen LogP contribution < -0.4 is 54.8 Å². The predicted octanol–water partition coefficient (Wildman–Crippen LogP) is -3.72. The van der Waals surface area contributed by atoms with Crippen molar-refractivity contribution in [2.24, 2.45) is 39.8 Å². The number of amides is 8. The molecule has 9 atom stereocenters. The van der Waals surface area contributed by atoms with E-state index in [1.165, 1.54) is 43.0 Å². The number of benzene rings is 1. The smallest absolute Gasteiger partial charge is 0.303 e. The van der Waals surface area contributed by atoms with E-state index in [0.29, 0.717) is 12.0 Å². The summed E-state index contributed by atoms with van der Waals surface area (Å²) in [5.41, 5.74) is 22.5. The molecular weight excluding hydrogens is 865 g/mol. The van der Waals surface area contributed by atoms with Crippen LogP contribution >= 0.6 is 0 Å². The second-order valence-electron chi connectivity index (χ2n) is 17.2. The number of primary amides is 1. The fourth-order valence-corrected chi connectivity index (χ4v) is 6.88. The first-order valence-corrected chi connectivity index (χ1v) is 21.7. The highest BCUT2D eigenvalue weighted by atomic mass is 16.4. The highest BCUT2D eigenvalue weighted by molar-refractivity contribution is 5.97. The fraction of sp³-hybridized carbons (Fsp3) is 0.619. The molecule has 1 aliphatic rings. The van der Waals surface area contributed by atoms with E-state index in [4.69, 9.17) is 22.9 Å². The van der Waals surface area contributed by atoms with Crippen molar-refractivity contribution in [1.29, 1.82) is 0 Å². The van der Waals surface area contributed by atoms with Crippen LogP contribution in [0.25, 0.3) is 0 Å². The number of aliphatic hydroxyl groups excluding tert-OH is 1. The van der Waals surface area contributed by atoms with Crippen LogP contribution in [-0.2, 0) is 49.6 Å². The lowest BCUT2D eigenvalue weighted by Crippen LogP contribution is -2.62. The third kappa shape index (κ3) is 18.5. The van der Waals surface area contributed by atoms with Gasteiger partial charge in [0.25, 0.3) is 0 Å². The zero-order chi connectivity index (χ0) is 50.0. The monoisotopic (exact) mass is 933 g/mol. The van der Waals surface area contributed by atoms with E-state index in [1.807, 2.05) is 0 Å². The van der Waals surface area contributed by atoms with Crippen LogP contribution in [0, 0.1) is 11.8 Å². The lowest BCUT2D eigenvalue weighted by Gasteiger charge is -2.31. The van der Waals surface area contributed by atoms with Gasteiger partial charge < -0.3 is 75.1 Å². The highest BCUT2D eigenvalue weighted by Gasteiger charge is 2.41. The van der Waals surface area contributed by atoms with Crippen LogP contribution in [0.5, 0.6) is 5.75 Å². The van der Waals surface area contributed by atoms with Crippen LogP contribution in [0.15, 0.2) is 29.3 Å². The summed E-state index contributed by atoms with van der Waals surface area (Å²) < 4.78 is 0. The van der Waals surface area contributed by atoms with Gasteiger partial charge in [-0.2, -0.15) is 0 Å². The lowest BCUT2D eigenvalue weighted by atomic mass is 9.99. The standard InChI is InChI=1S/C42H68N12O12/c1-20(2)16-29(38(63)48-22(5)35(44)60)51-37(62)28(13-14-32(58)59)50-40(65)33(21(3)4)52-41(66)34(23(6)55)53-39(64)30(17-24-9-11-26(56)12-10-24)54-19-25(18-31(54)57)49-36(61)27(43)8-7-15-47-42(45)46/h9-12,20-23,25,27-30,33-34,55-56H,7-8,13-19,43H2,1-6H3,(H2,44,60)(H,48,63)(H,49,61)(H,50,65)(H,51,62)(H,52,66)(H,53,64)(H,58,59)(H4,45,46,47). The molecule has 1 aromatic carbocycles. The number of aromatic hydroxyl groups is 1. The molecule has 0 aromatic heterocycles. The Bertz CT molecular complexity index is 1910. The van der Waals surface area contributed by atoms with Gasteiger partial charge in [0.15, 0.2) is 5.96 Å². The number of phenolic OH excluding ortho intramolecular Hbond substituents is 1. The van der Waals surface area contributed by atoms with Gasteiger partial charge in [-0.25, -0.2) is 0 Å². The minimum atomic E-state index is -1.72. The van der Waals surface area contributed by atoms with Crippen molar-refractivity contribution in [3.05, 3.63) is 29.8 Å². The number of phenols is 1. The largest absolute Gasteiger partial charge is 0.508 e. The second kappa shape index (κ2) is 26.4. The van der Waals surface area contributed by atoms with Crippen molar-refractivity contribution < 1.29 is 58.5 Å². The molecule has 1 saturated heterocycles. The Kier molecular flexibility index (Phi) is 22.2. The van der Waals surface area contributed by atoms with Crippen molar-refractivity contribution in [2.75, 3.05) is 13.1 Å². The summed E-state index contributed by atoms with van der Waals surface area (Å²) >= 11 is 0. The summed E-state index contributed by atoms with van der Waals surface area (Å²) in [4.78, 5) is 123. The molecule has 0 bridgehead atoms. The van der Waals surface area contributed by atoms with E-state index in [-0.39, 0.29) is 56.4 Å². The highest BCUT2D eigenvalue weighted by Crippen LogP contribution is 2.21. The molecule has 1 aliphatic heterocycles. The molecule has 0 saturated carbocycles. The number of carboxylic acids is 1. The number of aliphatic carboxylic acids is 1. The molecule has 24 nitrogen and oxygen atoms in total. The minimum Gasteiger partial charge on any atom is -0.508 e. The Morgan fingerprint density at radius 3 is 1.89 bits per heavy atom. The summed E-state index contributed by atoms with van der Waals surface area (Å²) in [5, 5.41) is 45.2. The number of hydrogen-bond donors (Lipinski definition) is 13. The van der Waals surface area contributed by atoms with Gasteiger partial charge in [0.2, 0.25) is 47.3 Å². The molecule has 66 heavy (non-hydrogen) atoms. The molecule has 0 aliphatic carbocycles. The number of carbonyl (C=O) groups is 9. The van der Waals surface area contributed by atoms with Gasteiger partial charge in [0.1, 0.15) is 42.0 Å². The van der Waals surface area contributed by atoms with Gasteiger partial charge in [-0.15, -0.1) is 0 Å². The maximum atomic E-state index is 14.2. The molecule has 8 amide bonds. The van der Waals surface area contributed by atoms with Crippen LogP contribution in [0.3, 0.4) is 0 Å². The van der Waals surface area contributed by atoms with Crippen molar-refractivity contribution >= 4 is 59.2 Å². The molecule has 1 heterocycles. The normalized spacial score (nSPS) is 17.2. The maximum absolute atomic E-state index is 14.2. The van der Waals surface area contributed by atoms with E-state index in [0.717, 1.165) is 0 Å². The number of nitrogens with two attached hydrogens (primary N) is 4. The number of rotatable bonds is 27. The van der Waals surface area contributed by atoms with E-state index < -0.39 is 126 Å². The first-order valence-electron chi connectivity index (χ1n) is 21.7. The average molecular weight is 933 g/mol. The average Bonchev–Trinajstić information content (AvgIpc) is 3.58. The number of hydrogen-bond acceptors (Lipinski definition) is 13. The molecule has 0 radical (unpaired) electrons. The molecule has 2 rings (SSSR count). The van der Waals surface area contributed by atoms with E-state index in [1.54, 1.807) is 27.7 Å². The molecule has 9 unspecified atom stereocenters. The van der Waals surface area contributed by atoms with Crippen molar-refractivity contribution in [1.82, 2.24) is 36.8 Å². The predicted molar refractivity (Wildman–Crippen MR) is 239 cm³/mol. The Balaban J connectivity index is 2.33. The topological polar surface area (TPSA) is 406 Å². The first kappa shape index (κ1) is 55.6. The minimum absolute atomic E-state index is 0.0627. The Labute approximate surface area is 383 Å². The number of carbonyl (C=O) groups excluding carboxylic acids is 8. The van der Waals surface area contributed by atoms with Crippen molar-refractivity contribution in [3.8, 4) is 5.75 Å². The summed E-state index contributed by atoms with van der Waals surface area (Å²) in [6, 6.07) is -4.20. The Morgan fingerprint density at radius 2 is 1.35 bits per heavy atom. The summed E-state index contributed by atoms with van der Waals surface area (Å²) in [6.45, 7) is 9.32. The van der Waals surface area contributed by atoms with Crippen LogP contribution in [0.1, 0.15) is 85.6 Å². The third-order valence-electron chi connectivity index (χ3n) is 10.6. The fourth-order valence-electron chi connectivity index (χ4n) is 6.88. The van der Waals surface area contributed by atoms with Crippen molar-refractivity contribution in [3.63, 3.8) is 0 Å². The number of aliphatic imine (C=N–C) groups is 1. The second-order valence-corrected chi connectivity index (χ2v) is 17.2. The molecule has 1 fully saturated rings. The number of guanidine groups is 1. The molecule has 0 spiro atoms. The Morgan fingerprint density at radius 1 is 0.773 bits per heavy atom. The molecule has 24 heteroatoms. The van der Waals surface area contributed by atoms with Crippen LogP contribution in [0.4, 0.5) is 0 Å². The summed E-state index contributed by atoms with van der Waals surface area (Å²) in [7, 11) is 0. The number of nitrogens with zero attached hydrogens (tertiary/aromatic N) is 2. The van der Waals surface area contributed by atoms with E-state index in [2.05, 4.69) is 36.9 Å². The summed E-state index contributed by atoms with van der Waals surface area (Å²) in [5.74, 6) is -8.74. The zero-order valence-corrected chi connectivity index (χ0v) is 38.2. The van der Waals surface area contributed by atoms with Gasteiger partial charge in [-0.3, -0.25) is 48.1 Å². The van der Waals surface area contributed by atoms with Crippen molar-refractivity contribution in [2.45, 2.75) is 141 Å². The maximum Gasteiger partial charge on any atom is 0.303 e. The molecule has 1 aromatic rings. The number of aliphatic hydroxyl groups is 1. The SMILES string of the molecule is CC(C)CC(NC(=O)C(CCC(=O)O)NC(=O)C(NC(=O)C(NC(=O)C(Cc1ccc(O)cc1)N1CC(NC(=O)C(N)CCCN=C(N)N)CC1=O)C(C)O)C(C)C)C(=O)NC(C)C(N)=O. The summed E-state index contributed by atoms with van der Waals surface area (Å²) in [6.07, 6.45) is -2.17. The number of likely N-dealkylation sites (tertiary alicyclic amines) is 1. The lowest BCUT2D eigenvalue weighted by molar-refractivity contribution is -0.140. The van der Waals surface area contributed by atoms with Crippen LogP contribution in [-0.4, -0.2) is 147 Å². The van der Waals surface area contributed by atoms with Crippen LogP contribution in [0.2, 0.25) is 0 Å². The van der Waals surface area contributed by atoms with E-state index >= 15 is 0 Å². The molecule has 17 N–H and O–H groups in total. The quantitative estimate of drug-likeness (QED) is 0.0229. The van der Waals surface area contributed by atoms with E-state index in [9.17, 15) is 58.5 Å².